The van der Waals surface area contributed by atoms with Gasteiger partial charge in [-0.3, -0.25) is 0 Å². The van der Waals surface area contributed by atoms with E-state index in [4.69, 9.17) is 4.65 Å². The van der Waals surface area contributed by atoms with E-state index >= 15 is 0 Å². The number of rotatable bonds is 3. The second kappa shape index (κ2) is 6.42. The van der Waals surface area contributed by atoms with Crippen molar-refractivity contribution in [3.8, 4) is 0 Å². The molecule has 0 N–H and O–H groups in total. The molecule has 3 heteroatoms. The van der Waals surface area contributed by atoms with Crippen LogP contribution in [0, 0.1) is 0 Å². The van der Waals surface area contributed by atoms with Crippen molar-refractivity contribution in [2.75, 3.05) is 6.54 Å². The summed E-state index contributed by atoms with van der Waals surface area (Å²) >= 11 is 0. The minimum atomic E-state index is -0.417. The highest BCUT2D eigenvalue weighted by molar-refractivity contribution is 6.65. The SMILES string of the molecule is c1ccc(B2OC(c3ccccc3)(c3ccccc3)[C@H]3CCCN23)cc1. The second-order valence-electron chi connectivity index (χ2n) is 7.24. The third kappa shape index (κ3) is 2.35. The van der Waals surface area contributed by atoms with Crippen LogP contribution in [0.1, 0.15) is 24.0 Å². The van der Waals surface area contributed by atoms with Crippen molar-refractivity contribution in [3.05, 3.63) is 102 Å². The van der Waals surface area contributed by atoms with Crippen LogP contribution >= 0.6 is 0 Å². The molecule has 2 heterocycles. The Kier molecular flexibility index (Phi) is 3.92. The molecule has 0 aromatic heterocycles. The van der Waals surface area contributed by atoms with Crippen molar-refractivity contribution in [1.29, 1.82) is 0 Å². The van der Waals surface area contributed by atoms with E-state index in [0.29, 0.717) is 6.04 Å². The van der Waals surface area contributed by atoms with Gasteiger partial charge in [0.1, 0.15) is 5.60 Å². The first-order valence-corrected chi connectivity index (χ1v) is 9.49. The summed E-state index contributed by atoms with van der Waals surface area (Å²) in [6.07, 6.45) is 2.38. The van der Waals surface area contributed by atoms with Gasteiger partial charge in [0.15, 0.2) is 0 Å². The highest BCUT2D eigenvalue weighted by Gasteiger charge is 2.58. The maximum absolute atomic E-state index is 7.00. The maximum atomic E-state index is 7.00. The molecule has 2 fully saturated rings. The predicted molar refractivity (Wildman–Crippen MR) is 106 cm³/mol. The molecule has 0 amide bonds. The Bertz CT molecular complexity index is 829. The summed E-state index contributed by atoms with van der Waals surface area (Å²) < 4.78 is 7.00. The average Bonchev–Trinajstić information content (AvgIpc) is 3.32. The normalized spacial score (nSPS) is 21.7. The molecule has 0 aliphatic carbocycles. The molecule has 128 valence electrons. The van der Waals surface area contributed by atoms with Crippen molar-refractivity contribution >= 4 is 12.5 Å². The molecule has 0 unspecified atom stereocenters. The van der Waals surface area contributed by atoms with Gasteiger partial charge in [-0.05, 0) is 36.0 Å². The van der Waals surface area contributed by atoms with Crippen LogP contribution in [-0.2, 0) is 10.3 Å². The Morgan fingerprint density at radius 3 is 1.88 bits per heavy atom. The zero-order valence-corrected chi connectivity index (χ0v) is 14.8. The Morgan fingerprint density at radius 2 is 1.31 bits per heavy atom. The average molecular weight is 339 g/mol. The Morgan fingerprint density at radius 1 is 0.769 bits per heavy atom. The molecule has 2 saturated heterocycles. The second-order valence-corrected chi connectivity index (χ2v) is 7.24. The lowest BCUT2D eigenvalue weighted by molar-refractivity contribution is 0.106. The van der Waals surface area contributed by atoms with E-state index in [2.05, 4.69) is 95.8 Å². The standard InChI is InChI=1S/C23H22BNO/c1-4-11-19(12-5-1)23(20-13-6-2-7-14-20)22-17-10-18-25(22)24(26-23)21-15-8-3-9-16-21/h1-9,11-16,22H,10,17-18H2/t22-/m1/s1. The third-order valence-corrected chi connectivity index (χ3v) is 5.85. The van der Waals surface area contributed by atoms with Crippen molar-refractivity contribution < 1.29 is 4.65 Å². The number of hydrogen-bond donors (Lipinski definition) is 0. The smallest absolute Gasteiger partial charge is 0.402 e. The van der Waals surface area contributed by atoms with E-state index in [1.54, 1.807) is 0 Å². The van der Waals surface area contributed by atoms with Gasteiger partial charge in [0.2, 0.25) is 0 Å². The third-order valence-electron chi connectivity index (χ3n) is 5.85. The molecule has 3 aromatic carbocycles. The lowest BCUT2D eigenvalue weighted by Crippen LogP contribution is -2.45. The molecule has 0 saturated carbocycles. The molecule has 2 aliphatic rings. The number of benzene rings is 3. The summed E-state index contributed by atoms with van der Waals surface area (Å²) in [5.41, 5.74) is 3.33. The quantitative estimate of drug-likeness (QED) is 0.673. The maximum Gasteiger partial charge on any atom is 0.419 e. The fourth-order valence-electron chi connectivity index (χ4n) is 4.76. The monoisotopic (exact) mass is 339 g/mol. The van der Waals surface area contributed by atoms with E-state index in [0.717, 1.165) is 13.0 Å². The first-order chi connectivity index (χ1) is 12.9. The minimum absolute atomic E-state index is 0.00381. The fraction of sp³-hybridized carbons (Fsp3) is 0.217. The van der Waals surface area contributed by atoms with Crippen LogP contribution in [0.5, 0.6) is 0 Å². The van der Waals surface area contributed by atoms with Gasteiger partial charge in [-0.1, -0.05) is 91.0 Å². The first-order valence-electron chi connectivity index (χ1n) is 9.49. The molecule has 0 spiro atoms. The Labute approximate surface area is 155 Å². The summed E-state index contributed by atoms with van der Waals surface area (Å²) in [6, 6.07) is 32.5. The largest absolute Gasteiger partial charge is 0.419 e. The predicted octanol–water partition coefficient (Wildman–Crippen LogP) is 3.82. The summed E-state index contributed by atoms with van der Waals surface area (Å²) in [4.78, 5) is 2.56. The van der Waals surface area contributed by atoms with E-state index in [9.17, 15) is 0 Å². The number of fused-ring (bicyclic) bond motifs is 1. The molecular weight excluding hydrogens is 317 g/mol. The molecular formula is C23H22BNO. The van der Waals surface area contributed by atoms with Crippen molar-refractivity contribution in [2.24, 2.45) is 0 Å². The lowest BCUT2D eigenvalue weighted by atomic mass is 9.72. The molecule has 0 bridgehead atoms. The summed E-state index contributed by atoms with van der Waals surface area (Å²) in [7, 11) is 0.00381. The van der Waals surface area contributed by atoms with Crippen LogP contribution in [0.4, 0.5) is 0 Å². The molecule has 5 rings (SSSR count). The van der Waals surface area contributed by atoms with Crippen molar-refractivity contribution in [1.82, 2.24) is 4.81 Å². The van der Waals surface area contributed by atoms with Gasteiger partial charge in [0.05, 0.1) is 0 Å². The van der Waals surface area contributed by atoms with Crippen LogP contribution in [0.2, 0.25) is 0 Å². The van der Waals surface area contributed by atoms with Gasteiger partial charge in [0, 0.05) is 6.04 Å². The molecule has 0 radical (unpaired) electrons. The van der Waals surface area contributed by atoms with Gasteiger partial charge >= 0.3 is 7.05 Å². The van der Waals surface area contributed by atoms with Crippen LogP contribution in [0.15, 0.2) is 91.0 Å². The topological polar surface area (TPSA) is 12.5 Å². The van der Waals surface area contributed by atoms with Gasteiger partial charge in [-0.2, -0.15) is 0 Å². The molecule has 2 aliphatic heterocycles. The highest BCUT2D eigenvalue weighted by Crippen LogP contribution is 2.48. The summed E-state index contributed by atoms with van der Waals surface area (Å²) in [5.74, 6) is 0. The van der Waals surface area contributed by atoms with E-state index < -0.39 is 5.60 Å². The van der Waals surface area contributed by atoms with Crippen molar-refractivity contribution in [2.45, 2.75) is 24.5 Å². The molecule has 1 atom stereocenters. The van der Waals surface area contributed by atoms with Gasteiger partial charge in [0.25, 0.3) is 0 Å². The fourth-order valence-corrected chi connectivity index (χ4v) is 4.76. The van der Waals surface area contributed by atoms with Crippen LogP contribution in [-0.4, -0.2) is 24.4 Å². The number of nitrogens with zero attached hydrogens (tertiary/aromatic N) is 1. The summed E-state index contributed by atoms with van der Waals surface area (Å²) in [6.45, 7) is 1.09. The van der Waals surface area contributed by atoms with E-state index in [-0.39, 0.29) is 7.05 Å². The van der Waals surface area contributed by atoms with Crippen LogP contribution < -0.4 is 5.46 Å². The summed E-state index contributed by atoms with van der Waals surface area (Å²) in [5, 5.41) is 0. The Balaban J connectivity index is 1.70. The minimum Gasteiger partial charge on any atom is -0.402 e. The first kappa shape index (κ1) is 15.9. The zero-order valence-electron chi connectivity index (χ0n) is 14.8. The lowest BCUT2D eigenvalue weighted by Gasteiger charge is -2.36. The van der Waals surface area contributed by atoms with Gasteiger partial charge < -0.3 is 9.47 Å². The molecule has 3 aromatic rings. The zero-order chi connectivity index (χ0) is 17.4. The van der Waals surface area contributed by atoms with Gasteiger partial charge in [-0.25, -0.2) is 0 Å². The van der Waals surface area contributed by atoms with Crippen LogP contribution in [0.3, 0.4) is 0 Å². The van der Waals surface area contributed by atoms with Crippen molar-refractivity contribution in [3.63, 3.8) is 0 Å². The molecule has 2 nitrogen and oxygen atoms in total. The van der Waals surface area contributed by atoms with Crippen LogP contribution in [0.25, 0.3) is 0 Å². The van der Waals surface area contributed by atoms with E-state index in [1.165, 1.54) is 23.0 Å². The van der Waals surface area contributed by atoms with Gasteiger partial charge in [-0.15, -0.1) is 0 Å². The molecule has 26 heavy (non-hydrogen) atoms. The van der Waals surface area contributed by atoms with E-state index in [1.807, 2.05) is 0 Å². The highest BCUT2D eigenvalue weighted by atomic mass is 16.5. The Hall–Kier alpha value is -2.36. The number of hydrogen-bond acceptors (Lipinski definition) is 2.